The third-order valence-electron chi connectivity index (χ3n) is 0.520. The summed E-state index contributed by atoms with van der Waals surface area (Å²) in [6, 6.07) is 0. The van der Waals surface area contributed by atoms with Gasteiger partial charge in [-0.3, -0.25) is 5.14 Å². The highest BCUT2D eigenvalue weighted by atomic mass is 32.2. The van der Waals surface area contributed by atoms with Gasteiger partial charge in [0, 0.05) is 11.9 Å². The zero-order valence-corrected chi connectivity index (χ0v) is 6.35. The molecular weight excluding hydrogens is 142 g/mol. The lowest BCUT2D eigenvalue weighted by Gasteiger charge is -1.99. The van der Waals surface area contributed by atoms with Crippen molar-refractivity contribution < 1.29 is 4.74 Å². The van der Waals surface area contributed by atoms with E-state index in [0.717, 1.165) is 18.4 Å². The highest BCUT2D eigenvalue weighted by molar-refractivity contribution is 8.21. The van der Waals surface area contributed by atoms with Gasteiger partial charge < -0.3 is 4.74 Å². The van der Waals surface area contributed by atoms with Crippen molar-refractivity contribution in [3.63, 3.8) is 0 Å². The molecule has 0 saturated heterocycles. The molecule has 2 nitrogen and oxygen atoms in total. The Labute approximate surface area is 58.9 Å². The Morgan fingerprint density at radius 1 is 1.88 bits per heavy atom. The van der Waals surface area contributed by atoms with E-state index in [0.29, 0.717) is 11.0 Å². The van der Waals surface area contributed by atoms with Crippen LogP contribution in [0, 0.1) is 0 Å². The normalized spacial score (nSPS) is 8.75. The summed E-state index contributed by atoms with van der Waals surface area (Å²) in [6.07, 6.45) is 0.973. The molecule has 48 valence electrons. The van der Waals surface area contributed by atoms with Crippen LogP contribution in [0.15, 0.2) is 0 Å². The van der Waals surface area contributed by atoms with E-state index in [1.165, 1.54) is 0 Å². The maximum Gasteiger partial charge on any atom is 0.235 e. The van der Waals surface area contributed by atoms with Crippen LogP contribution < -0.4 is 5.14 Å². The molecule has 0 unspecified atom stereocenters. The van der Waals surface area contributed by atoms with Crippen molar-refractivity contribution >= 4 is 28.5 Å². The number of rotatable bonds is 2. The molecule has 4 heteroatoms. The molecule has 0 heterocycles. The number of hydrogen-bond acceptors (Lipinski definition) is 4. The molecule has 0 aliphatic rings. The Kier molecular flexibility index (Phi) is 5.47. The first-order chi connectivity index (χ1) is 3.81. The van der Waals surface area contributed by atoms with Crippen molar-refractivity contribution in [1.82, 2.24) is 0 Å². The van der Waals surface area contributed by atoms with Gasteiger partial charge in [0.05, 0.1) is 6.61 Å². The van der Waals surface area contributed by atoms with E-state index < -0.39 is 0 Å². The maximum atomic E-state index is 5.06. The first-order valence-electron chi connectivity index (χ1n) is 2.34. The SMILES string of the molecule is CCCOC(=S)SN. The monoisotopic (exact) mass is 151 g/mol. The zero-order chi connectivity index (χ0) is 6.41. The number of thiocarbonyl (C=S) groups is 1. The predicted molar refractivity (Wildman–Crippen MR) is 40.6 cm³/mol. The highest BCUT2D eigenvalue weighted by Gasteiger charge is 1.89. The second-order valence-electron chi connectivity index (χ2n) is 1.22. The van der Waals surface area contributed by atoms with Gasteiger partial charge >= 0.3 is 0 Å². The Morgan fingerprint density at radius 3 is 2.88 bits per heavy atom. The number of nitrogens with two attached hydrogens (primary N) is 1. The van der Waals surface area contributed by atoms with E-state index in [9.17, 15) is 0 Å². The molecule has 0 aromatic carbocycles. The summed E-state index contributed by atoms with van der Waals surface area (Å²) in [5, 5.41) is 5.06. The Bertz CT molecular complexity index is 76.4. The fourth-order valence-electron chi connectivity index (χ4n) is 0.219. The fourth-order valence-corrected chi connectivity index (χ4v) is 0.454. The van der Waals surface area contributed by atoms with Gasteiger partial charge in [-0.1, -0.05) is 6.92 Å². The Morgan fingerprint density at radius 2 is 2.50 bits per heavy atom. The molecule has 0 fully saturated rings. The highest BCUT2D eigenvalue weighted by Crippen LogP contribution is 1.95. The minimum Gasteiger partial charge on any atom is -0.478 e. The lowest BCUT2D eigenvalue weighted by Crippen LogP contribution is -2.00. The number of ether oxygens (including phenoxy) is 1. The molecule has 0 bridgehead atoms. The molecule has 0 aliphatic heterocycles. The standard InChI is InChI=1S/C4H9NOS2/c1-2-3-6-4(7)8-5/h2-3,5H2,1H3. The van der Waals surface area contributed by atoms with Crippen LogP contribution in [0.1, 0.15) is 13.3 Å². The van der Waals surface area contributed by atoms with Crippen molar-refractivity contribution in [3.05, 3.63) is 0 Å². The average Bonchev–Trinajstić information content (AvgIpc) is 1.83. The van der Waals surface area contributed by atoms with Gasteiger partial charge in [-0.15, -0.1) is 0 Å². The van der Waals surface area contributed by atoms with Crippen LogP contribution in [0.25, 0.3) is 0 Å². The van der Waals surface area contributed by atoms with E-state index in [1.807, 2.05) is 6.92 Å². The van der Waals surface area contributed by atoms with Gasteiger partial charge in [-0.2, -0.15) is 0 Å². The lowest BCUT2D eigenvalue weighted by molar-refractivity contribution is 0.322. The molecule has 2 N–H and O–H groups in total. The van der Waals surface area contributed by atoms with Crippen molar-refractivity contribution in [2.24, 2.45) is 5.14 Å². The van der Waals surface area contributed by atoms with Gasteiger partial charge in [0.1, 0.15) is 0 Å². The first-order valence-corrected chi connectivity index (χ1v) is 3.63. The van der Waals surface area contributed by atoms with Crippen LogP contribution >= 0.6 is 24.2 Å². The van der Waals surface area contributed by atoms with Gasteiger partial charge in [0.15, 0.2) is 0 Å². The van der Waals surface area contributed by atoms with E-state index in [4.69, 9.17) is 9.88 Å². The maximum absolute atomic E-state index is 5.06. The van der Waals surface area contributed by atoms with Crippen LogP contribution in [-0.4, -0.2) is 11.0 Å². The van der Waals surface area contributed by atoms with Crippen molar-refractivity contribution in [2.75, 3.05) is 6.61 Å². The summed E-state index contributed by atoms with van der Waals surface area (Å²) in [7, 11) is 0. The molecule has 0 aromatic rings. The second kappa shape index (κ2) is 5.34. The summed E-state index contributed by atoms with van der Waals surface area (Å²) in [5.41, 5.74) is 0. The minimum atomic E-state index is 0.423. The molecule has 0 atom stereocenters. The summed E-state index contributed by atoms with van der Waals surface area (Å²) in [5.74, 6) is 0. The van der Waals surface area contributed by atoms with E-state index in [2.05, 4.69) is 12.2 Å². The second-order valence-corrected chi connectivity index (χ2v) is 2.45. The van der Waals surface area contributed by atoms with Crippen molar-refractivity contribution in [2.45, 2.75) is 13.3 Å². The topological polar surface area (TPSA) is 35.2 Å². The molecule has 0 aliphatic carbocycles. The molecular formula is C4H9NOS2. The molecule has 0 saturated carbocycles. The van der Waals surface area contributed by atoms with Gasteiger partial charge in [0.2, 0.25) is 4.38 Å². The lowest BCUT2D eigenvalue weighted by atomic mass is 10.5. The van der Waals surface area contributed by atoms with Gasteiger partial charge in [-0.25, -0.2) is 0 Å². The third kappa shape index (κ3) is 4.36. The molecule has 0 aromatic heterocycles. The summed E-state index contributed by atoms with van der Waals surface area (Å²) < 4.78 is 5.33. The fraction of sp³-hybridized carbons (Fsp3) is 0.750. The largest absolute Gasteiger partial charge is 0.478 e. The van der Waals surface area contributed by atoms with Crippen LogP contribution in [0.5, 0.6) is 0 Å². The number of hydrogen-bond donors (Lipinski definition) is 1. The molecule has 0 rings (SSSR count). The molecule has 8 heavy (non-hydrogen) atoms. The summed E-state index contributed by atoms with van der Waals surface area (Å²) >= 11 is 5.61. The molecule has 0 amide bonds. The smallest absolute Gasteiger partial charge is 0.235 e. The van der Waals surface area contributed by atoms with Gasteiger partial charge in [-0.05, 0) is 18.6 Å². The predicted octanol–water partition coefficient (Wildman–Crippen LogP) is 1.30. The quantitative estimate of drug-likeness (QED) is 0.476. The van der Waals surface area contributed by atoms with Crippen LogP contribution in [0.2, 0.25) is 0 Å². The van der Waals surface area contributed by atoms with E-state index in [1.54, 1.807) is 0 Å². The van der Waals surface area contributed by atoms with Crippen molar-refractivity contribution in [3.8, 4) is 0 Å². The summed E-state index contributed by atoms with van der Waals surface area (Å²) in [4.78, 5) is 0. The Balaban J connectivity index is 2.99. The third-order valence-corrected chi connectivity index (χ3v) is 1.24. The average molecular weight is 151 g/mol. The first kappa shape index (κ1) is 8.20. The van der Waals surface area contributed by atoms with Crippen LogP contribution in [0.4, 0.5) is 0 Å². The van der Waals surface area contributed by atoms with Gasteiger partial charge in [0.25, 0.3) is 0 Å². The molecule has 0 radical (unpaired) electrons. The van der Waals surface area contributed by atoms with Crippen LogP contribution in [-0.2, 0) is 4.74 Å². The van der Waals surface area contributed by atoms with E-state index >= 15 is 0 Å². The minimum absolute atomic E-state index is 0.423. The van der Waals surface area contributed by atoms with E-state index in [-0.39, 0.29) is 0 Å². The molecule has 0 spiro atoms. The van der Waals surface area contributed by atoms with Crippen molar-refractivity contribution in [1.29, 1.82) is 0 Å². The Hall–Kier alpha value is 0.200. The zero-order valence-electron chi connectivity index (χ0n) is 4.72. The summed E-state index contributed by atoms with van der Waals surface area (Å²) in [6.45, 7) is 2.69. The van der Waals surface area contributed by atoms with Crippen LogP contribution in [0.3, 0.4) is 0 Å².